The Morgan fingerprint density at radius 2 is 2.18 bits per heavy atom. The minimum Gasteiger partial charge on any atom is -0.347 e. The Bertz CT molecular complexity index is 806. The van der Waals surface area contributed by atoms with Crippen molar-refractivity contribution in [3.63, 3.8) is 0 Å². The number of rotatable bonds is 4. The predicted octanol–water partition coefficient (Wildman–Crippen LogP) is 3.32. The first-order valence-corrected chi connectivity index (χ1v) is 7.22. The topological polar surface area (TPSA) is 46.4 Å². The second kappa shape index (κ2) is 6.45. The van der Waals surface area contributed by atoms with Gasteiger partial charge in [0.15, 0.2) is 0 Å². The van der Waals surface area contributed by atoms with Crippen molar-refractivity contribution in [2.45, 2.75) is 6.54 Å². The fourth-order valence-electron chi connectivity index (χ4n) is 2.09. The Kier molecular flexibility index (Phi) is 4.21. The number of hydrogen-bond acceptors (Lipinski definition) is 2. The van der Waals surface area contributed by atoms with Gasteiger partial charge in [-0.25, -0.2) is 4.98 Å². The molecule has 0 aliphatic heterocycles. The first-order chi connectivity index (χ1) is 10.7. The maximum atomic E-state index is 11.8. The molecule has 0 radical (unpaired) electrons. The lowest BCUT2D eigenvalue weighted by atomic mass is 10.2. The lowest BCUT2D eigenvalue weighted by Crippen LogP contribution is -2.20. The van der Waals surface area contributed by atoms with Gasteiger partial charge in [0.1, 0.15) is 5.65 Å². The summed E-state index contributed by atoms with van der Waals surface area (Å²) in [5, 5.41) is 3.46. The van der Waals surface area contributed by atoms with Crippen LogP contribution in [0.25, 0.3) is 11.7 Å². The first-order valence-electron chi connectivity index (χ1n) is 6.85. The number of pyridine rings is 1. The quantitative estimate of drug-likeness (QED) is 0.751. The zero-order valence-electron chi connectivity index (χ0n) is 11.7. The molecule has 3 rings (SSSR count). The van der Waals surface area contributed by atoms with Gasteiger partial charge in [0, 0.05) is 23.5 Å². The molecule has 0 fully saturated rings. The Labute approximate surface area is 133 Å². The van der Waals surface area contributed by atoms with Gasteiger partial charge in [-0.3, -0.25) is 4.79 Å². The largest absolute Gasteiger partial charge is 0.347 e. The third kappa shape index (κ3) is 3.54. The summed E-state index contributed by atoms with van der Waals surface area (Å²) >= 11 is 5.90. The summed E-state index contributed by atoms with van der Waals surface area (Å²) in [7, 11) is 0. The van der Waals surface area contributed by atoms with E-state index in [4.69, 9.17) is 11.6 Å². The summed E-state index contributed by atoms with van der Waals surface area (Å²) in [5.74, 6) is -0.169. The number of benzene rings is 1. The molecule has 1 amide bonds. The van der Waals surface area contributed by atoms with Gasteiger partial charge in [0.05, 0.1) is 12.2 Å². The molecular formula is C17H14ClN3O. The Morgan fingerprint density at radius 3 is 3.00 bits per heavy atom. The molecule has 2 heterocycles. The molecule has 4 nitrogen and oxygen atoms in total. The number of hydrogen-bond donors (Lipinski definition) is 1. The second-order valence-electron chi connectivity index (χ2n) is 4.80. The second-order valence-corrected chi connectivity index (χ2v) is 5.24. The van der Waals surface area contributed by atoms with Gasteiger partial charge >= 0.3 is 0 Å². The number of amides is 1. The first kappa shape index (κ1) is 14.4. The van der Waals surface area contributed by atoms with Crippen LogP contribution in [-0.2, 0) is 11.3 Å². The van der Waals surface area contributed by atoms with Gasteiger partial charge in [0.25, 0.3) is 0 Å². The molecule has 5 heteroatoms. The Balaban J connectivity index is 1.60. The number of imidazole rings is 1. The van der Waals surface area contributed by atoms with E-state index in [2.05, 4.69) is 10.3 Å². The SMILES string of the molecule is O=C(/C=C/c1cccc(Cl)c1)NCc1cn2ccccc2n1. The van der Waals surface area contributed by atoms with E-state index in [0.717, 1.165) is 16.9 Å². The van der Waals surface area contributed by atoms with Crippen LogP contribution in [0.1, 0.15) is 11.3 Å². The molecule has 2 aromatic heterocycles. The highest BCUT2D eigenvalue weighted by molar-refractivity contribution is 6.30. The summed E-state index contributed by atoms with van der Waals surface area (Å²) in [6.07, 6.45) is 7.04. The molecule has 0 bridgehead atoms. The minimum atomic E-state index is -0.169. The van der Waals surface area contributed by atoms with Crippen LogP contribution in [0.15, 0.2) is 60.9 Å². The van der Waals surface area contributed by atoms with Crippen LogP contribution in [0.2, 0.25) is 5.02 Å². The van der Waals surface area contributed by atoms with Crippen molar-refractivity contribution in [1.82, 2.24) is 14.7 Å². The molecule has 0 aliphatic carbocycles. The molecule has 22 heavy (non-hydrogen) atoms. The predicted molar refractivity (Wildman–Crippen MR) is 87.5 cm³/mol. The zero-order valence-corrected chi connectivity index (χ0v) is 12.5. The summed E-state index contributed by atoms with van der Waals surface area (Å²) in [5.41, 5.74) is 2.56. The van der Waals surface area contributed by atoms with Crippen LogP contribution >= 0.6 is 11.6 Å². The molecule has 0 saturated carbocycles. The van der Waals surface area contributed by atoms with Crippen molar-refractivity contribution >= 4 is 29.2 Å². The van der Waals surface area contributed by atoms with E-state index in [1.165, 1.54) is 6.08 Å². The summed E-state index contributed by atoms with van der Waals surface area (Å²) in [6, 6.07) is 13.1. The van der Waals surface area contributed by atoms with E-state index in [1.807, 2.05) is 47.1 Å². The van der Waals surface area contributed by atoms with Gasteiger partial charge in [-0.15, -0.1) is 0 Å². The molecule has 1 N–H and O–H groups in total. The van der Waals surface area contributed by atoms with E-state index in [0.29, 0.717) is 11.6 Å². The van der Waals surface area contributed by atoms with Crippen molar-refractivity contribution in [3.8, 4) is 0 Å². The fraction of sp³-hybridized carbons (Fsp3) is 0.0588. The number of halogens is 1. The normalized spacial score (nSPS) is 11.1. The zero-order chi connectivity index (χ0) is 15.4. The molecular weight excluding hydrogens is 298 g/mol. The summed E-state index contributed by atoms with van der Waals surface area (Å²) in [6.45, 7) is 0.389. The van der Waals surface area contributed by atoms with Crippen LogP contribution in [-0.4, -0.2) is 15.3 Å². The lowest BCUT2D eigenvalue weighted by molar-refractivity contribution is -0.116. The van der Waals surface area contributed by atoms with Gasteiger partial charge in [0.2, 0.25) is 5.91 Å². The number of carbonyl (C=O) groups is 1. The number of aromatic nitrogens is 2. The van der Waals surface area contributed by atoms with Gasteiger partial charge in [-0.1, -0.05) is 29.8 Å². The monoisotopic (exact) mass is 311 g/mol. The van der Waals surface area contributed by atoms with Gasteiger partial charge in [-0.2, -0.15) is 0 Å². The molecule has 0 unspecified atom stereocenters. The Morgan fingerprint density at radius 1 is 1.27 bits per heavy atom. The lowest BCUT2D eigenvalue weighted by Gasteiger charge is -1.98. The molecule has 0 atom stereocenters. The van der Waals surface area contributed by atoms with Crippen molar-refractivity contribution in [1.29, 1.82) is 0 Å². The molecule has 110 valence electrons. The van der Waals surface area contributed by atoms with E-state index >= 15 is 0 Å². The van der Waals surface area contributed by atoms with Crippen LogP contribution in [0.5, 0.6) is 0 Å². The van der Waals surface area contributed by atoms with Crippen LogP contribution in [0.3, 0.4) is 0 Å². The van der Waals surface area contributed by atoms with Gasteiger partial charge in [-0.05, 0) is 35.9 Å². The summed E-state index contributed by atoms with van der Waals surface area (Å²) in [4.78, 5) is 16.2. The molecule has 3 aromatic rings. The van der Waals surface area contributed by atoms with Crippen molar-refractivity contribution in [2.75, 3.05) is 0 Å². The van der Waals surface area contributed by atoms with Crippen molar-refractivity contribution in [2.24, 2.45) is 0 Å². The van der Waals surface area contributed by atoms with E-state index < -0.39 is 0 Å². The third-order valence-electron chi connectivity index (χ3n) is 3.13. The maximum Gasteiger partial charge on any atom is 0.244 e. The molecule has 1 aromatic carbocycles. The van der Waals surface area contributed by atoms with Crippen LogP contribution < -0.4 is 5.32 Å². The third-order valence-corrected chi connectivity index (χ3v) is 3.37. The Hall–Kier alpha value is -2.59. The van der Waals surface area contributed by atoms with E-state index in [9.17, 15) is 4.79 Å². The molecule has 0 saturated heterocycles. The minimum absolute atomic E-state index is 0.169. The number of nitrogens with zero attached hydrogens (tertiary/aromatic N) is 2. The average Bonchev–Trinajstić information content (AvgIpc) is 2.94. The van der Waals surface area contributed by atoms with Gasteiger partial charge < -0.3 is 9.72 Å². The summed E-state index contributed by atoms with van der Waals surface area (Å²) < 4.78 is 1.92. The molecule has 0 spiro atoms. The van der Waals surface area contributed by atoms with Crippen LogP contribution in [0.4, 0.5) is 0 Å². The van der Waals surface area contributed by atoms with E-state index in [-0.39, 0.29) is 5.91 Å². The van der Waals surface area contributed by atoms with E-state index in [1.54, 1.807) is 18.2 Å². The highest BCUT2D eigenvalue weighted by Crippen LogP contribution is 2.11. The molecule has 0 aliphatic rings. The number of nitrogens with one attached hydrogen (secondary N) is 1. The fourth-order valence-corrected chi connectivity index (χ4v) is 2.29. The smallest absolute Gasteiger partial charge is 0.244 e. The van der Waals surface area contributed by atoms with Crippen molar-refractivity contribution < 1.29 is 4.79 Å². The van der Waals surface area contributed by atoms with Crippen molar-refractivity contribution in [3.05, 3.63) is 77.2 Å². The van der Waals surface area contributed by atoms with Crippen LogP contribution in [0, 0.1) is 0 Å². The highest BCUT2D eigenvalue weighted by Gasteiger charge is 2.02. The highest BCUT2D eigenvalue weighted by atomic mass is 35.5. The average molecular weight is 312 g/mol. The maximum absolute atomic E-state index is 11.8. The standard InChI is InChI=1S/C17H14ClN3O/c18-14-5-3-4-13(10-14)7-8-17(22)19-11-15-12-21-9-2-1-6-16(21)20-15/h1-10,12H,11H2,(H,19,22)/b8-7+. The number of fused-ring (bicyclic) bond motifs is 1. The number of carbonyl (C=O) groups excluding carboxylic acids is 1.